The summed E-state index contributed by atoms with van der Waals surface area (Å²) in [4.78, 5) is 22.6. The van der Waals surface area contributed by atoms with Crippen LogP contribution in [0.1, 0.15) is 11.1 Å². The van der Waals surface area contributed by atoms with Gasteiger partial charge in [-0.3, -0.25) is 14.9 Å². The Bertz CT molecular complexity index is 957. The van der Waals surface area contributed by atoms with E-state index in [9.17, 15) is 28.1 Å². The van der Waals surface area contributed by atoms with Crippen LogP contribution in [-0.4, -0.2) is 24.0 Å². The standard InChI is InChI=1S/C18H13F3N2O6/c19-18(20,21)29-15-4-2-13(3-5-15)22-16(24)6-1-11-7-14(23(25)26)8-12-9-27-10-28-17(11)12/h1-8H,9-10H2,(H,22,24)/b6-1+. The van der Waals surface area contributed by atoms with E-state index in [2.05, 4.69) is 10.1 Å². The highest BCUT2D eigenvalue weighted by Crippen LogP contribution is 2.33. The molecule has 0 atom stereocenters. The van der Waals surface area contributed by atoms with Gasteiger partial charge in [0.25, 0.3) is 5.69 Å². The molecule has 29 heavy (non-hydrogen) atoms. The summed E-state index contributed by atoms with van der Waals surface area (Å²) in [6.07, 6.45) is -2.34. The Labute approximate surface area is 161 Å². The van der Waals surface area contributed by atoms with E-state index >= 15 is 0 Å². The fraction of sp³-hybridized carbons (Fsp3) is 0.167. The number of anilines is 1. The predicted octanol–water partition coefficient (Wildman–Crippen LogP) is 4.01. The Balaban J connectivity index is 1.72. The van der Waals surface area contributed by atoms with Gasteiger partial charge in [0.2, 0.25) is 5.91 Å². The summed E-state index contributed by atoms with van der Waals surface area (Å²) in [6.45, 7) is 0.112. The maximum absolute atomic E-state index is 12.2. The Morgan fingerprint density at radius 3 is 2.62 bits per heavy atom. The second-order valence-electron chi connectivity index (χ2n) is 5.79. The van der Waals surface area contributed by atoms with Gasteiger partial charge >= 0.3 is 6.36 Å². The summed E-state index contributed by atoms with van der Waals surface area (Å²) in [5.41, 5.74) is 0.852. The minimum atomic E-state index is -4.81. The molecule has 2 aromatic rings. The number of ether oxygens (including phenoxy) is 3. The lowest BCUT2D eigenvalue weighted by molar-refractivity contribution is -0.385. The molecule has 1 aliphatic heterocycles. The van der Waals surface area contributed by atoms with Crippen LogP contribution in [0.25, 0.3) is 6.08 Å². The zero-order valence-electron chi connectivity index (χ0n) is 14.6. The molecule has 0 fully saturated rings. The van der Waals surface area contributed by atoms with Gasteiger partial charge in [-0.1, -0.05) is 0 Å². The predicted molar refractivity (Wildman–Crippen MR) is 94.2 cm³/mol. The zero-order valence-corrected chi connectivity index (χ0v) is 14.6. The summed E-state index contributed by atoms with van der Waals surface area (Å²) in [6, 6.07) is 7.17. The average molecular weight is 410 g/mol. The smallest absolute Gasteiger partial charge is 0.467 e. The van der Waals surface area contributed by atoms with E-state index in [1.54, 1.807) is 0 Å². The van der Waals surface area contributed by atoms with Gasteiger partial charge < -0.3 is 19.5 Å². The molecule has 0 saturated heterocycles. The van der Waals surface area contributed by atoms with E-state index in [4.69, 9.17) is 9.47 Å². The summed E-state index contributed by atoms with van der Waals surface area (Å²) in [5.74, 6) is -0.644. The van der Waals surface area contributed by atoms with Crippen molar-refractivity contribution >= 4 is 23.4 Å². The molecule has 2 aromatic carbocycles. The Kier molecular flexibility index (Phi) is 5.69. The highest BCUT2D eigenvalue weighted by Gasteiger charge is 2.31. The SMILES string of the molecule is O=C(/C=C/c1cc([N+](=O)[O-])cc2c1OCOC2)Nc1ccc(OC(F)(F)F)cc1. The number of rotatable bonds is 5. The minimum absolute atomic E-state index is 0.0236. The molecule has 0 aromatic heterocycles. The lowest BCUT2D eigenvalue weighted by Gasteiger charge is -2.19. The highest BCUT2D eigenvalue weighted by molar-refractivity contribution is 6.02. The third kappa shape index (κ3) is 5.45. The van der Waals surface area contributed by atoms with Crippen molar-refractivity contribution < 1.29 is 37.1 Å². The Hall–Kier alpha value is -3.60. The van der Waals surface area contributed by atoms with Crippen LogP contribution >= 0.6 is 0 Å². The fourth-order valence-corrected chi connectivity index (χ4v) is 2.55. The number of nitro benzene ring substituents is 1. The van der Waals surface area contributed by atoms with Crippen molar-refractivity contribution in [3.63, 3.8) is 0 Å². The van der Waals surface area contributed by atoms with E-state index in [0.717, 1.165) is 18.2 Å². The van der Waals surface area contributed by atoms with E-state index in [-0.39, 0.29) is 24.8 Å². The third-order valence-corrected chi connectivity index (χ3v) is 3.70. The summed E-state index contributed by atoms with van der Waals surface area (Å²) >= 11 is 0. The normalized spacial score (nSPS) is 13.5. The molecular weight excluding hydrogens is 397 g/mol. The lowest BCUT2D eigenvalue weighted by Crippen LogP contribution is -2.17. The number of halogens is 3. The molecule has 8 nitrogen and oxygen atoms in total. The van der Waals surface area contributed by atoms with Gasteiger partial charge in [0.05, 0.1) is 11.5 Å². The second kappa shape index (κ2) is 8.19. The van der Waals surface area contributed by atoms with Crippen LogP contribution in [0.3, 0.4) is 0 Å². The highest BCUT2D eigenvalue weighted by atomic mass is 19.4. The number of hydrogen-bond donors (Lipinski definition) is 1. The Morgan fingerprint density at radius 1 is 1.24 bits per heavy atom. The van der Waals surface area contributed by atoms with E-state index < -0.39 is 22.9 Å². The van der Waals surface area contributed by atoms with Crippen LogP contribution in [0.4, 0.5) is 24.5 Å². The van der Waals surface area contributed by atoms with Crippen molar-refractivity contribution in [2.24, 2.45) is 0 Å². The number of alkyl halides is 3. The number of carbonyl (C=O) groups excluding carboxylic acids is 1. The molecule has 0 unspecified atom stereocenters. The molecule has 11 heteroatoms. The summed E-state index contributed by atoms with van der Waals surface area (Å²) in [7, 11) is 0. The number of benzene rings is 2. The van der Waals surface area contributed by atoms with Crippen molar-refractivity contribution in [2.45, 2.75) is 13.0 Å². The van der Waals surface area contributed by atoms with Crippen LogP contribution in [0.2, 0.25) is 0 Å². The van der Waals surface area contributed by atoms with E-state index in [1.807, 2.05) is 0 Å². The minimum Gasteiger partial charge on any atom is -0.467 e. The van der Waals surface area contributed by atoms with Gasteiger partial charge in [0.1, 0.15) is 11.5 Å². The van der Waals surface area contributed by atoms with Gasteiger partial charge in [-0.05, 0) is 30.3 Å². The fourth-order valence-electron chi connectivity index (χ4n) is 2.55. The van der Waals surface area contributed by atoms with Gasteiger partial charge in [0.15, 0.2) is 6.79 Å². The summed E-state index contributed by atoms with van der Waals surface area (Å²) in [5, 5.41) is 13.5. The van der Waals surface area contributed by atoms with Crippen LogP contribution in [0.15, 0.2) is 42.5 Å². The maximum atomic E-state index is 12.2. The molecule has 1 N–H and O–H groups in total. The monoisotopic (exact) mass is 410 g/mol. The van der Waals surface area contributed by atoms with E-state index in [1.165, 1.54) is 30.3 Å². The number of fused-ring (bicyclic) bond motifs is 1. The molecule has 1 aliphatic rings. The van der Waals surface area contributed by atoms with Crippen LogP contribution in [-0.2, 0) is 16.1 Å². The molecule has 0 radical (unpaired) electrons. The first kappa shape index (κ1) is 20.1. The van der Waals surface area contributed by atoms with Crippen molar-refractivity contribution in [3.8, 4) is 11.5 Å². The van der Waals surface area contributed by atoms with Crippen LogP contribution < -0.4 is 14.8 Å². The Morgan fingerprint density at radius 2 is 1.97 bits per heavy atom. The number of hydrogen-bond acceptors (Lipinski definition) is 6. The number of nitrogens with one attached hydrogen (secondary N) is 1. The van der Waals surface area contributed by atoms with Gasteiger partial charge in [0, 0.05) is 35.0 Å². The van der Waals surface area contributed by atoms with Gasteiger partial charge in [-0.25, -0.2) is 0 Å². The molecule has 152 valence electrons. The number of nitrogens with zero attached hydrogens (tertiary/aromatic N) is 1. The largest absolute Gasteiger partial charge is 0.573 e. The van der Waals surface area contributed by atoms with E-state index in [0.29, 0.717) is 16.9 Å². The van der Waals surface area contributed by atoms with Crippen LogP contribution in [0, 0.1) is 10.1 Å². The molecule has 3 rings (SSSR count). The molecule has 0 spiro atoms. The van der Waals surface area contributed by atoms with Gasteiger partial charge in [-0.15, -0.1) is 13.2 Å². The first-order valence-corrected chi connectivity index (χ1v) is 8.08. The number of nitro groups is 1. The molecule has 0 bridgehead atoms. The molecule has 1 amide bonds. The van der Waals surface area contributed by atoms with Crippen molar-refractivity contribution in [1.82, 2.24) is 0 Å². The van der Waals surface area contributed by atoms with Crippen molar-refractivity contribution in [2.75, 3.05) is 12.1 Å². The first-order chi connectivity index (χ1) is 13.7. The maximum Gasteiger partial charge on any atom is 0.573 e. The average Bonchev–Trinajstić information content (AvgIpc) is 2.66. The number of amides is 1. The van der Waals surface area contributed by atoms with Crippen molar-refractivity contribution in [1.29, 1.82) is 0 Å². The second-order valence-corrected chi connectivity index (χ2v) is 5.79. The molecule has 0 saturated carbocycles. The third-order valence-electron chi connectivity index (χ3n) is 3.70. The van der Waals surface area contributed by atoms with Crippen LogP contribution in [0.5, 0.6) is 11.5 Å². The van der Waals surface area contributed by atoms with Gasteiger partial charge in [-0.2, -0.15) is 0 Å². The number of carbonyl (C=O) groups is 1. The zero-order chi connectivity index (χ0) is 21.0. The number of non-ortho nitro benzene ring substituents is 1. The lowest BCUT2D eigenvalue weighted by atomic mass is 10.1. The van der Waals surface area contributed by atoms with Crippen molar-refractivity contribution in [3.05, 3.63) is 63.7 Å². The topological polar surface area (TPSA) is 99.9 Å². The quantitative estimate of drug-likeness (QED) is 0.454. The first-order valence-electron chi connectivity index (χ1n) is 8.08. The molecular formula is C18H13F3N2O6. The molecule has 0 aliphatic carbocycles. The summed E-state index contributed by atoms with van der Waals surface area (Å²) < 4.78 is 50.7. The molecule has 1 heterocycles.